The van der Waals surface area contributed by atoms with E-state index in [1.165, 1.54) is 16.3 Å². The Morgan fingerprint density at radius 1 is 1.23 bits per heavy atom. The molecule has 1 atom stereocenters. The highest BCUT2D eigenvalue weighted by Gasteiger charge is 2.53. The third-order valence-electron chi connectivity index (χ3n) is 4.81. The van der Waals surface area contributed by atoms with Gasteiger partial charge in [0.15, 0.2) is 5.82 Å². The maximum absolute atomic E-state index is 13.0. The first-order chi connectivity index (χ1) is 14.8. The monoisotopic (exact) mass is 439 g/mol. The highest BCUT2D eigenvalue weighted by molar-refractivity contribution is 8.01. The molecule has 1 N–H and O–H groups in total. The number of carbonyl (C=O) groups excluding carboxylic acids is 2. The molecule has 162 valence electrons. The number of ether oxygens (including phenoxy) is 1. The number of thioether (sulfide) groups is 1. The van der Waals surface area contributed by atoms with Crippen LogP contribution in [0.1, 0.15) is 40.0 Å². The van der Waals surface area contributed by atoms with E-state index in [0.29, 0.717) is 23.7 Å². The Morgan fingerprint density at radius 2 is 2.03 bits per heavy atom. The molecule has 0 radical (unpaired) electrons. The molecule has 0 aromatic carbocycles. The molecule has 1 fully saturated rings. The predicted octanol–water partition coefficient (Wildman–Crippen LogP) is 3.75. The van der Waals surface area contributed by atoms with E-state index in [0.717, 1.165) is 6.42 Å². The first kappa shape index (κ1) is 21.3. The summed E-state index contributed by atoms with van der Waals surface area (Å²) < 4.78 is 6.24. The van der Waals surface area contributed by atoms with Crippen LogP contribution < -0.4 is 5.32 Å². The van der Waals surface area contributed by atoms with Crippen molar-refractivity contribution in [1.29, 1.82) is 0 Å². The molecule has 2 aliphatic carbocycles. The van der Waals surface area contributed by atoms with Gasteiger partial charge in [-0.15, -0.1) is 10.2 Å². The van der Waals surface area contributed by atoms with Crippen molar-refractivity contribution in [3.05, 3.63) is 48.7 Å². The summed E-state index contributed by atoms with van der Waals surface area (Å²) in [6.45, 7) is 5.39. The number of amides is 1. The maximum atomic E-state index is 13.0. The first-order valence-corrected chi connectivity index (χ1v) is 11.0. The van der Waals surface area contributed by atoms with Gasteiger partial charge in [-0.3, -0.25) is 9.78 Å². The molecule has 0 saturated heterocycles. The summed E-state index contributed by atoms with van der Waals surface area (Å²) in [6, 6.07) is 5.32. The zero-order chi connectivity index (χ0) is 22.1. The maximum Gasteiger partial charge on any atom is 0.422 e. The van der Waals surface area contributed by atoms with Gasteiger partial charge in [0, 0.05) is 6.20 Å². The minimum atomic E-state index is -0.694. The number of pyridine rings is 1. The topological polar surface area (TPSA) is 99.0 Å². The van der Waals surface area contributed by atoms with Crippen molar-refractivity contribution in [2.45, 2.75) is 61.6 Å². The number of rotatable bonds is 5. The van der Waals surface area contributed by atoms with E-state index in [4.69, 9.17) is 4.74 Å². The second-order valence-corrected chi connectivity index (χ2v) is 9.91. The third kappa shape index (κ3) is 4.87. The molecule has 9 heteroatoms. The van der Waals surface area contributed by atoms with Gasteiger partial charge in [-0.05, 0) is 52.2 Å². The van der Waals surface area contributed by atoms with Crippen molar-refractivity contribution >= 4 is 23.8 Å². The summed E-state index contributed by atoms with van der Waals surface area (Å²) in [7, 11) is 0. The summed E-state index contributed by atoms with van der Waals surface area (Å²) in [5, 5.41) is 11.8. The Bertz CT molecular complexity index is 1040. The summed E-state index contributed by atoms with van der Waals surface area (Å²) in [5.74, 6) is 0.231. The lowest BCUT2D eigenvalue weighted by molar-refractivity contribution is -0.121. The zero-order valence-electron chi connectivity index (χ0n) is 17.7. The van der Waals surface area contributed by atoms with Crippen LogP contribution in [0.3, 0.4) is 0 Å². The van der Waals surface area contributed by atoms with E-state index in [2.05, 4.69) is 20.5 Å². The van der Waals surface area contributed by atoms with Crippen molar-refractivity contribution in [1.82, 2.24) is 25.1 Å². The second kappa shape index (κ2) is 8.30. The van der Waals surface area contributed by atoms with Gasteiger partial charge in [0.25, 0.3) is 0 Å². The van der Waals surface area contributed by atoms with E-state index in [9.17, 15) is 9.59 Å². The van der Waals surface area contributed by atoms with Crippen molar-refractivity contribution in [2.24, 2.45) is 0 Å². The molecule has 0 spiro atoms. The average Bonchev–Trinajstić information content (AvgIpc) is 3.39. The molecular weight excluding hydrogens is 414 g/mol. The molecule has 2 aromatic heterocycles. The van der Waals surface area contributed by atoms with Gasteiger partial charge in [-0.25, -0.2) is 9.36 Å². The van der Waals surface area contributed by atoms with Crippen LogP contribution in [-0.2, 0) is 9.53 Å². The number of nitrogens with one attached hydrogen (secondary N) is 1. The average molecular weight is 440 g/mol. The summed E-state index contributed by atoms with van der Waals surface area (Å²) in [4.78, 5) is 30.3. The molecule has 0 bridgehead atoms. The largest absolute Gasteiger partial charge is 0.443 e. The van der Waals surface area contributed by atoms with Gasteiger partial charge < -0.3 is 10.1 Å². The number of allylic oxidation sites excluding steroid dienone is 2. The fraction of sp³-hybridized carbons (Fsp3) is 0.409. The van der Waals surface area contributed by atoms with Crippen LogP contribution in [0.5, 0.6) is 0 Å². The smallest absolute Gasteiger partial charge is 0.422 e. The van der Waals surface area contributed by atoms with Crippen LogP contribution in [0.2, 0.25) is 0 Å². The lowest BCUT2D eigenvalue weighted by atomic mass is 10.1. The fourth-order valence-electron chi connectivity index (χ4n) is 3.12. The predicted molar refractivity (Wildman–Crippen MR) is 118 cm³/mol. The lowest BCUT2D eigenvalue weighted by Gasteiger charge is -2.22. The molecule has 8 nitrogen and oxygen atoms in total. The van der Waals surface area contributed by atoms with E-state index in [-0.39, 0.29) is 17.8 Å². The summed E-state index contributed by atoms with van der Waals surface area (Å²) >= 11 is 1.26. The molecule has 0 aliphatic heterocycles. The minimum Gasteiger partial charge on any atom is -0.443 e. The Balaban J connectivity index is 1.61. The molecule has 1 saturated carbocycles. The summed E-state index contributed by atoms with van der Waals surface area (Å²) in [5.41, 5.74) is -0.193. The Kier molecular flexibility index (Phi) is 5.70. The standard InChI is InChI=1S/C22H25N5O3S/c1-21(2,3)30-20(29)27-17(16-11-7-8-14-23-16)25-26-19(27)31-22(12-13-22)18(28)24-15-9-5-4-6-10-15/h4-9,11,14-15H,10,12-13H2,1-3H3,(H,24,28). The second-order valence-electron chi connectivity index (χ2n) is 8.56. The minimum absolute atomic E-state index is 0.0246. The fourth-order valence-corrected chi connectivity index (χ4v) is 4.26. The lowest BCUT2D eigenvalue weighted by Crippen LogP contribution is -2.41. The zero-order valence-corrected chi connectivity index (χ0v) is 18.6. The number of nitrogens with zero attached hydrogens (tertiary/aromatic N) is 4. The summed E-state index contributed by atoms with van der Waals surface area (Å²) in [6.07, 6.45) is 11.1. The highest BCUT2D eigenvalue weighted by Crippen LogP contribution is 2.52. The van der Waals surface area contributed by atoms with Crippen LogP contribution in [0.25, 0.3) is 11.5 Å². The van der Waals surface area contributed by atoms with Crippen molar-refractivity contribution < 1.29 is 14.3 Å². The molecule has 4 rings (SSSR count). The van der Waals surface area contributed by atoms with Gasteiger partial charge in [0.2, 0.25) is 11.1 Å². The van der Waals surface area contributed by atoms with Crippen molar-refractivity contribution in [3.63, 3.8) is 0 Å². The first-order valence-electron chi connectivity index (χ1n) is 10.2. The molecule has 1 unspecified atom stereocenters. The molecule has 1 amide bonds. The molecule has 2 aliphatic rings. The van der Waals surface area contributed by atoms with E-state index in [1.807, 2.05) is 30.4 Å². The number of hydrogen-bond donors (Lipinski definition) is 1. The molecule has 2 aromatic rings. The van der Waals surface area contributed by atoms with Crippen LogP contribution >= 0.6 is 11.8 Å². The van der Waals surface area contributed by atoms with Crippen molar-refractivity contribution in [3.8, 4) is 11.5 Å². The molecular formula is C22H25N5O3S. The van der Waals surface area contributed by atoms with Crippen LogP contribution in [-0.4, -0.2) is 48.1 Å². The van der Waals surface area contributed by atoms with Crippen molar-refractivity contribution in [2.75, 3.05) is 0 Å². The Morgan fingerprint density at radius 3 is 2.65 bits per heavy atom. The van der Waals surface area contributed by atoms with Crippen LogP contribution in [0.15, 0.2) is 53.9 Å². The van der Waals surface area contributed by atoms with Gasteiger partial charge in [-0.1, -0.05) is 42.1 Å². The quantitative estimate of drug-likeness (QED) is 0.757. The number of aromatic nitrogens is 4. The van der Waals surface area contributed by atoms with Gasteiger partial charge in [0.1, 0.15) is 16.0 Å². The molecule has 2 heterocycles. The molecule has 31 heavy (non-hydrogen) atoms. The third-order valence-corrected chi connectivity index (χ3v) is 6.24. The van der Waals surface area contributed by atoms with Crippen LogP contribution in [0.4, 0.5) is 4.79 Å². The normalized spacial score (nSPS) is 19.1. The number of carbonyl (C=O) groups is 2. The SMILES string of the molecule is CC(C)(C)OC(=O)n1c(SC2(C(=O)NC3C=CC=CC3)CC2)nnc1-c1ccccn1. The van der Waals surface area contributed by atoms with Crippen LogP contribution in [0, 0.1) is 0 Å². The Hall–Kier alpha value is -2.94. The van der Waals surface area contributed by atoms with Gasteiger partial charge >= 0.3 is 6.09 Å². The van der Waals surface area contributed by atoms with E-state index in [1.54, 1.807) is 39.1 Å². The Labute approximate surface area is 185 Å². The number of hydrogen-bond acceptors (Lipinski definition) is 7. The van der Waals surface area contributed by atoms with Gasteiger partial charge in [0.05, 0.1) is 6.04 Å². The van der Waals surface area contributed by atoms with E-state index < -0.39 is 16.4 Å². The van der Waals surface area contributed by atoms with E-state index >= 15 is 0 Å². The van der Waals surface area contributed by atoms with Gasteiger partial charge in [-0.2, -0.15) is 0 Å². The highest BCUT2D eigenvalue weighted by atomic mass is 32.2.